The summed E-state index contributed by atoms with van der Waals surface area (Å²) in [6.07, 6.45) is -2.56. The van der Waals surface area contributed by atoms with Crippen LogP contribution in [0.25, 0.3) is 16.6 Å². The maximum atomic E-state index is 12.8. The molecule has 0 aliphatic heterocycles. The molecule has 1 nitrogen and oxygen atoms in total. The molecule has 0 radical (unpaired) electrons. The summed E-state index contributed by atoms with van der Waals surface area (Å²) in [5, 5.41) is 0.963. The summed E-state index contributed by atoms with van der Waals surface area (Å²) in [4.78, 5) is 0. The van der Waals surface area contributed by atoms with E-state index in [0.717, 1.165) is 27.5 Å². The van der Waals surface area contributed by atoms with Crippen molar-refractivity contribution in [2.75, 3.05) is 0 Å². The highest BCUT2D eigenvalue weighted by atomic mass is 79.9. The van der Waals surface area contributed by atoms with Crippen molar-refractivity contribution < 1.29 is 13.2 Å². The van der Waals surface area contributed by atoms with Gasteiger partial charge in [0.2, 0.25) is 0 Å². The molecule has 3 aromatic rings. The van der Waals surface area contributed by atoms with Crippen molar-refractivity contribution in [2.24, 2.45) is 0 Å². The van der Waals surface area contributed by atoms with Crippen molar-refractivity contribution in [3.8, 4) is 5.69 Å². The number of para-hydroxylation sites is 1. The van der Waals surface area contributed by atoms with Crippen molar-refractivity contribution in [3.05, 3.63) is 64.8 Å². The standard InChI is InChI=1S/C15H9BrF3N/c16-13-9-20(14-7-2-1-6-12(13)14)11-5-3-4-10(8-11)15(17,18)19/h1-9H. The van der Waals surface area contributed by atoms with E-state index in [1.54, 1.807) is 16.8 Å². The van der Waals surface area contributed by atoms with Gasteiger partial charge in [0.15, 0.2) is 0 Å². The van der Waals surface area contributed by atoms with Gasteiger partial charge < -0.3 is 4.57 Å². The first-order valence-electron chi connectivity index (χ1n) is 5.90. The summed E-state index contributed by atoms with van der Waals surface area (Å²) < 4.78 is 40.9. The lowest BCUT2D eigenvalue weighted by molar-refractivity contribution is -0.137. The predicted molar refractivity (Wildman–Crippen MR) is 76.0 cm³/mol. The average molecular weight is 340 g/mol. The molecule has 1 aromatic heterocycles. The molecule has 1 heterocycles. The molecular formula is C15H9BrF3N. The van der Waals surface area contributed by atoms with Crippen LogP contribution in [0, 0.1) is 0 Å². The van der Waals surface area contributed by atoms with Gasteiger partial charge in [-0.2, -0.15) is 13.2 Å². The van der Waals surface area contributed by atoms with Gasteiger partial charge in [-0.3, -0.25) is 0 Å². The largest absolute Gasteiger partial charge is 0.416 e. The van der Waals surface area contributed by atoms with E-state index in [1.165, 1.54) is 6.07 Å². The number of hydrogen-bond acceptors (Lipinski definition) is 0. The minimum absolute atomic E-state index is 0.488. The maximum Gasteiger partial charge on any atom is 0.416 e. The van der Waals surface area contributed by atoms with Gasteiger partial charge in [0, 0.05) is 21.7 Å². The summed E-state index contributed by atoms with van der Waals surface area (Å²) in [5.41, 5.74) is 0.698. The van der Waals surface area contributed by atoms with Gasteiger partial charge in [-0.05, 0) is 40.2 Å². The number of aromatic nitrogens is 1. The zero-order chi connectivity index (χ0) is 14.3. The molecule has 0 fully saturated rings. The summed E-state index contributed by atoms with van der Waals surface area (Å²) in [6.45, 7) is 0. The molecule has 0 aliphatic carbocycles. The van der Waals surface area contributed by atoms with E-state index in [1.807, 2.05) is 24.3 Å². The van der Waals surface area contributed by atoms with Crippen LogP contribution in [0.4, 0.5) is 13.2 Å². The Kier molecular flexibility index (Phi) is 3.09. The van der Waals surface area contributed by atoms with E-state index < -0.39 is 11.7 Å². The first kappa shape index (κ1) is 13.2. The summed E-state index contributed by atoms with van der Waals surface area (Å²) in [5.74, 6) is 0. The van der Waals surface area contributed by atoms with E-state index in [4.69, 9.17) is 0 Å². The number of benzene rings is 2. The molecule has 102 valence electrons. The number of rotatable bonds is 1. The quantitative estimate of drug-likeness (QED) is 0.558. The first-order valence-corrected chi connectivity index (χ1v) is 6.69. The van der Waals surface area contributed by atoms with Gasteiger partial charge in [0.05, 0.1) is 11.1 Å². The molecular weight excluding hydrogens is 331 g/mol. The zero-order valence-corrected chi connectivity index (χ0v) is 11.7. The lowest BCUT2D eigenvalue weighted by atomic mass is 10.2. The number of hydrogen-bond donors (Lipinski definition) is 0. The summed E-state index contributed by atoms with van der Waals surface area (Å²) in [6, 6.07) is 12.9. The summed E-state index contributed by atoms with van der Waals surface area (Å²) >= 11 is 3.43. The van der Waals surface area contributed by atoms with Crippen LogP contribution in [0.15, 0.2) is 59.2 Å². The van der Waals surface area contributed by atoms with Crippen molar-refractivity contribution in [2.45, 2.75) is 6.18 Å². The van der Waals surface area contributed by atoms with Crippen molar-refractivity contribution in [1.82, 2.24) is 4.57 Å². The van der Waals surface area contributed by atoms with E-state index in [2.05, 4.69) is 15.9 Å². The fourth-order valence-corrected chi connectivity index (χ4v) is 2.72. The second-order valence-electron chi connectivity index (χ2n) is 4.41. The Balaban J connectivity index is 2.21. The third kappa shape index (κ3) is 2.22. The van der Waals surface area contributed by atoms with Crippen LogP contribution in [0.1, 0.15) is 5.56 Å². The van der Waals surface area contributed by atoms with Gasteiger partial charge >= 0.3 is 6.18 Å². The third-order valence-electron chi connectivity index (χ3n) is 3.11. The molecule has 0 spiro atoms. The fourth-order valence-electron chi connectivity index (χ4n) is 2.18. The van der Waals surface area contributed by atoms with E-state index in [0.29, 0.717) is 5.69 Å². The predicted octanol–water partition coefficient (Wildman–Crippen LogP) is 5.41. The Morgan fingerprint density at radius 3 is 2.45 bits per heavy atom. The van der Waals surface area contributed by atoms with Crippen LogP contribution in [-0.2, 0) is 6.18 Å². The molecule has 0 amide bonds. The minimum Gasteiger partial charge on any atom is -0.315 e. The molecule has 0 saturated heterocycles. The highest BCUT2D eigenvalue weighted by molar-refractivity contribution is 9.10. The maximum absolute atomic E-state index is 12.8. The van der Waals surface area contributed by atoms with Crippen molar-refractivity contribution in [3.63, 3.8) is 0 Å². The highest BCUT2D eigenvalue weighted by Crippen LogP contribution is 2.33. The van der Waals surface area contributed by atoms with E-state index >= 15 is 0 Å². The second kappa shape index (κ2) is 4.66. The van der Waals surface area contributed by atoms with E-state index in [9.17, 15) is 13.2 Å². The molecule has 0 aliphatic rings. The monoisotopic (exact) mass is 339 g/mol. The van der Waals surface area contributed by atoms with E-state index in [-0.39, 0.29) is 0 Å². The Morgan fingerprint density at radius 1 is 0.950 bits per heavy atom. The average Bonchev–Trinajstić information content (AvgIpc) is 2.76. The Bertz CT molecular complexity index is 774. The molecule has 2 aromatic carbocycles. The lowest BCUT2D eigenvalue weighted by Gasteiger charge is -2.10. The lowest BCUT2D eigenvalue weighted by Crippen LogP contribution is -2.05. The molecule has 5 heteroatoms. The highest BCUT2D eigenvalue weighted by Gasteiger charge is 2.30. The third-order valence-corrected chi connectivity index (χ3v) is 3.75. The molecule has 0 bridgehead atoms. The molecule has 3 rings (SSSR count). The van der Waals surface area contributed by atoms with Gasteiger partial charge in [-0.1, -0.05) is 24.3 Å². The topological polar surface area (TPSA) is 4.93 Å². The van der Waals surface area contributed by atoms with Gasteiger partial charge in [0.25, 0.3) is 0 Å². The molecule has 20 heavy (non-hydrogen) atoms. The zero-order valence-electron chi connectivity index (χ0n) is 10.2. The Labute approximate surface area is 121 Å². The van der Waals surface area contributed by atoms with Crippen molar-refractivity contribution in [1.29, 1.82) is 0 Å². The number of halogens is 4. The molecule has 0 saturated carbocycles. The van der Waals surface area contributed by atoms with Crippen LogP contribution in [0.3, 0.4) is 0 Å². The molecule has 0 unspecified atom stereocenters. The first-order chi connectivity index (χ1) is 9.47. The SMILES string of the molecule is FC(F)(F)c1cccc(-n2cc(Br)c3ccccc32)c1. The van der Waals surface area contributed by atoms with Gasteiger partial charge in [-0.25, -0.2) is 0 Å². The fraction of sp³-hybridized carbons (Fsp3) is 0.0667. The minimum atomic E-state index is -4.34. The van der Waals surface area contributed by atoms with Gasteiger partial charge in [0.1, 0.15) is 0 Å². The van der Waals surface area contributed by atoms with Crippen LogP contribution in [0.2, 0.25) is 0 Å². The van der Waals surface area contributed by atoms with Crippen LogP contribution in [0.5, 0.6) is 0 Å². The summed E-state index contributed by atoms with van der Waals surface area (Å²) in [7, 11) is 0. The normalized spacial score (nSPS) is 12.0. The van der Waals surface area contributed by atoms with Crippen LogP contribution in [-0.4, -0.2) is 4.57 Å². The second-order valence-corrected chi connectivity index (χ2v) is 5.27. The Morgan fingerprint density at radius 2 is 1.70 bits per heavy atom. The van der Waals surface area contributed by atoms with Crippen molar-refractivity contribution >= 4 is 26.8 Å². The smallest absolute Gasteiger partial charge is 0.315 e. The van der Waals surface area contributed by atoms with Crippen LogP contribution >= 0.6 is 15.9 Å². The van der Waals surface area contributed by atoms with Gasteiger partial charge in [-0.15, -0.1) is 0 Å². The number of alkyl halides is 3. The van der Waals surface area contributed by atoms with Crippen LogP contribution < -0.4 is 0 Å². The molecule has 0 N–H and O–H groups in total. The Hall–Kier alpha value is -1.75. The number of fused-ring (bicyclic) bond motifs is 1. The number of nitrogens with zero attached hydrogens (tertiary/aromatic N) is 1. The molecule has 0 atom stereocenters.